The molecule has 170 valence electrons. The second kappa shape index (κ2) is 10.9. The number of likely N-dealkylation sites (N-methyl/N-ethyl adjacent to an activating group) is 1. The highest BCUT2D eigenvalue weighted by atomic mass is 16.5. The molecule has 1 aliphatic rings. The molecule has 3 rings (SSSR count). The zero-order valence-corrected chi connectivity index (χ0v) is 18.9. The van der Waals surface area contributed by atoms with Crippen LogP contribution in [-0.2, 0) is 29.3 Å². The first-order valence-corrected chi connectivity index (χ1v) is 11.0. The third kappa shape index (κ3) is 5.53. The van der Waals surface area contributed by atoms with Crippen LogP contribution in [0.15, 0.2) is 42.5 Å². The van der Waals surface area contributed by atoms with E-state index in [-0.39, 0.29) is 31.2 Å². The molecule has 0 bridgehead atoms. The SMILES string of the molecule is CNC(=O)C(CCC=O)N1Cc2c(OCc3ccc(CNC(C)C)cc3)cccc2C1=O. The highest BCUT2D eigenvalue weighted by Gasteiger charge is 2.37. The van der Waals surface area contributed by atoms with Gasteiger partial charge in [0.05, 0.1) is 6.54 Å². The van der Waals surface area contributed by atoms with Crippen molar-refractivity contribution in [3.8, 4) is 5.75 Å². The molecule has 0 fully saturated rings. The first kappa shape index (κ1) is 23.5. The quantitative estimate of drug-likeness (QED) is 0.528. The highest BCUT2D eigenvalue weighted by Crippen LogP contribution is 2.33. The lowest BCUT2D eigenvalue weighted by Gasteiger charge is -2.25. The fourth-order valence-electron chi connectivity index (χ4n) is 3.77. The van der Waals surface area contributed by atoms with Crippen LogP contribution in [0.4, 0.5) is 0 Å². The molecule has 2 N–H and O–H groups in total. The van der Waals surface area contributed by atoms with Gasteiger partial charge in [0, 0.05) is 37.2 Å². The third-order valence-electron chi connectivity index (χ3n) is 5.57. The van der Waals surface area contributed by atoms with Crippen LogP contribution in [0.2, 0.25) is 0 Å². The van der Waals surface area contributed by atoms with Gasteiger partial charge >= 0.3 is 0 Å². The second-order valence-corrected chi connectivity index (χ2v) is 8.23. The molecule has 0 aromatic heterocycles. The van der Waals surface area contributed by atoms with Gasteiger partial charge in [-0.1, -0.05) is 44.2 Å². The number of hydrogen-bond donors (Lipinski definition) is 2. The number of fused-ring (bicyclic) bond motifs is 1. The number of aldehydes is 1. The Kier molecular flexibility index (Phi) is 8.00. The standard InChI is InChI=1S/C25H31N3O4/c1-17(2)27-14-18-9-11-19(12-10-18)16-32-23-8-4-6-20-21(23)15-28(25(20)31)22(7-5-13-29)24(30)26-3/h4,6,8-13,17,22,27H,5,7,14-16H2,1-3H3,(H,26,30). The van der Waals surface area contributed by atoms with Crippen LogP contribution in [0.5, 0.6) is 5.75 Å². The lowest BCUT2D eigenvalue weighted by atomic mass is 10.1. The number of rotatable bonds is 11. The van der Waals surface area contributed by atoms with Gasteiger partial charge < -0.3 is 25.1 Å². The van der Waals surface area contributed by atoms with Crippen molar-refractivity contribution in [2.24, 2.45) is 0 Å². The average Bonchev–Trinajstić information content (AvgIpc) is 3.14. The van der Waals surface area contributed by atoms with Crippen molar-refractivity contribution in [2.45, 2.75) is 58.5 Å². The predicted molar refractivity (Wildman–Crippen MR) is 122 cm³/mol. The first-order valence-electron chi connectivity index (χ1n) is 11.0. The minimum Gasteiger partial charge on any atom is -0.489 e. The van der Waals surface area contributed by atoms with E-state index in [0.29, 0.717) is 24.0 Å². The maximum Gasteiger partial charge on any atom is 0.255 e. The molecule has 2 amide bonds. The Labute approximate surface area is 189 Å². The zero-order valence-electron chi connectivity index (χ0n) is 18.9. The Balaban J connectivity index is 1.70. The molecule has 1 heterocycles. The summed E-state index contributed by atoms with van der Waals surface area (Å²) in [4.78, 5) is 37.7. The summed E-state index contributed by atoms with van der Waals surface area (Å²) in [7, 11) is 1.53. The Hall–Kier alpha value is -3.19. The smallest absolute Gasteiger partial charge is 0.255 e. The van der Waals surface area contributed by atoms with E-state index in [1.807, 2.05) is 18.2 Å². The molecule has 0 radical (unpaired) electrons. The van der Waals surface area contributed by atoms with Gasteiger partial charge in [0.1, 0.15) is 24.7 Å². The molecule has 32 heavy (non-hydrogen) atoms. The van der Waals surface area contributed by atoms with Crippen LogP contribution >= 0.6 is 0 Å². The van der Waals surface area contributed by atoms with E-state index >= 15 is 0 Å². The van der Waals surface area contributed by atoms with E-state index in [0.717, 1.165) is 24.0 Å². The minimum absolute atomic E-state index is 0.213. The molecule has 0 saturated carbocycles. The van der Waals surface area contributed by atoms with Gasteiger partial charge in [-0.05, 0) is 29.7 Å². The molecule has 1 atom stereocenters. The summed E-state index contributed by atoms with van der Waals surface area (Å²) < 4.78 is 6.07. The number of nitrogens with one attached hydrogen (secondary N) is 2. The van der Waals surface area contributed by atoms with Crippen LogP contribution in [0, 0.1) is 0 Å². The number of amides is 2. The van der Waals surface area contributed by atoms with Crippen molar-refractivity contribution >= 4 is 18.1 Å². The van der Waals surface area contributed by atoms with Crippen molar-refractivity contribution < 1.29 is 19.1 Å². The topological polar surface area (TPSA) is 87.7 Å². The van der Waals surface area contributed by atoms with Crippen molar-refractivity contribution in [1.82, 2.24) is 15.5 Å². The zero-order chi connectivity index (χ0) is 23.1. The van der Waals surface area contributed by atoms with Crippen LogP contribution in [0.3, 0.4) is 0 Å². The van der Waals surface area contributed by atoms with E-state index in [1.165, 1.54) is 17.5 Å². The molecule has 7 nitrogen and oxygen atoms in total. The lowest BCUT2D eigenvalue weighted by Crippen LogP contribution is -2.46. The summed E-state index contributed by atoms with van der Waals surface area (Å²) in [6.07, 6.45) is 1.27. The third-order valence-corrected chi connectivity index (χ3v) is 5.57. The number of carbonyl (C=O) groups excluding carboxylic acids is 3. The maximum atomic E-state index is 13.0. The number of benzene rings is 2. The molecule has 1 aliphatic heterocycles. The van der Waals surface area contributed by atoms with Crippen molar-refractivity contribution in [2.75, 3.05) is 7.05 Å². The number of hydrogen-bond acceptors (Lipinski definition) is 5. The van der Waals surface area contributed by atoms with Crippen molar-refractivity contribution in [1.29, 1.82) is 0 Å². The highest BCUT2D eigenvalue weighted by molar-refractivity contribution is 6.01. The first-order chi connectivity index (χ1) is 15.4. The molecular weight excluding hydrogens is 406 g/mol. The van der Waals surface area contributed by atoms with Gasteiger partial charge in [0.2, 0.25) is 5.91 Å². The molecule has 2 aromatic rings. The second-order valence-electron chi connectivity index (χ2n) is 8.23. The van der Waals surface area contributed by atoms with E-state index < -0.39 is 6.04 Å². The van der Waals surface area contributed by atoms with Crippen molar-refractivity contribution in [3.05, 3.63) is 64.7 Å². The normalized spacial score (nSPS) is 13.8. The van der Waals surface area contributed by atoms with E-state index in [9.17, 15) is 14.4 Å². The molecule has 0 saturated heterocycles. The summed E-state index contributed by atoms with van der Waals surface area (Å²) >= 11 is 0. The van der Waals surface area contributed by atoms with Crippen LogP contribution < -0.4 is 15.4 Å². The van der Waals surface area contributed by atoms with Gasteiger partial charge in [0.15, 0.2) is 0 Å². The van der Waals surface area contributed by atoms with E-state index in [4.69, 9.17) is 4.74 Å². The minimum atomic E-state index is -0.690. The molecule has 0 spiro atoms. The van der Waals surface area contributed by atoms with E-state index in [1.54, 1.807) is 12.1 Å². The van der Waals surface area contributed by atoms with Crippen LogP contribution in [-0.4, -0.2) is 42.1 Å². The monoisotopic (exact) mass is 437 g/mol. The maximum absolute atomic E-state index is 13.0. The number of ether oxygens (including phenoxy) is 1. The predicted octanol–water partition coefficient (Wildman–Crippen LogP) is 2.81. The van der Waals surface area contributed by atoms with Gasteiger partial charge in [-0.25, -0.2) is 0 Å². The summed E-state index contributed by atoms with van der Waals surface area (Å²) in [5.74, 6) is 0.143. The lowest BCUT2D eigenvalue weighted by molar-refractivity contribution is -0.125. The Morgan fingerprint density at radius 3 is 2.53 bits per heavy atom. The summed E-state index contributed by atoms with van der Waals surface area (Å²) in [5, 5.41) is 5.99. The molecule has 2 aromatic carbocycles. The fraction of sp³-hybridized carbons (Fsp3) is 0.400. The number of nitrogens with zero attached hydrogens (tertiary/aromatic N) is 1. The van der Waals surface area contributed by atoms with E-state index in [2.05, 4.69) is 36.6 Å². The molecular formula is C25H31N3O4. The molecule has 0 aliphatic carbocycles. The average molecular weight is 438 g/mol. The van der Waals surface area contributed by atoms with Gasteiger partial charge in [0.25, 0.3) is 5.91 Å². The molecule has 7 heteroatoms. The summed E-state index contributed by atoms with van der Waals surface area (Å²) in [5.41, 5.74) is 3.55. The summed E-state index contributed by atoms with van der Waals surface area (Å²) in [6.45, 7) is 5.71. The largest absolute Gasteiger partial charge is 0.489 e. The van der Waals surface area contributed by atoms with Crippen LogP contribution in [0.1, 0.15) is 53.7 Å². The van der Waals surface area contributed by atoms with Crippen LogP contribution in [0.25, 0.3) is 0 Å². The van der Waals surface area contributed by atoms with Gasteiger partial charge in [-0.3, -0.25) is 9.59 Å². The van der Waals surface area contributed by atoms with Gasteiger partial charge in [-0.15, -0.1) is 0 Å². The number of carbonyl (C=O) groups is 3. The summed E-state index contributed by atoms with van der Waals surface area (Å²) in [6, 6.07) is 13.4. The fourth-order valence-corrected chi connectivity index (χ4v) is 3.77. The Morgan fingerprint density at radius 1 is 1.16 bits per heavy atom. The molecule has 1 unspecified atom stereocenters. The Bertz CT molecular complexity index is 956. The van der Waals surface area contributed by atoms with Crippen molar-refractivity contribution in [3.63, 3.8) is 0 Å². The van der Waals surface area contributed by atoms with Gasteiger partial charge in [-0.2, -0.15) is 0 Å². The Morgan fingerprint density at radius 2 is 1.88 bits per heavy atom.